The highest BCUT2D eigenvalue weighted by molar-refractivity contribution is 6.05. The predicted molar refractivity (Wildman–Crippen MR) is 104 cm³/mol. The third-order valence-corrected chi connectivity index (χ3v) is 4.43. The highest BCUT2D eigenvalue weighted by Crippen LogP contribution is 2.19. The van der Waals surface area contributed by atoms with Crippen molar-refractivity contribution in [1.29, 1.82) is 0 Å². The van der Waals surface area contributed by atoms with E-state index in [1.54, 1.807) is 17.8 Å². The van der Waals surface area contributed by atoms with Crippen molar-refractivity contribution >= 4 is 33.3 Å². The van der Waals surface area contributed by atoms with Crippen molar-refractivity contribution in [1.82, 2.24) is 9.78 Å². The zero-order chi connectivity index (χ0) is 18.3. The minimum absolute atomic E-state index is 0.112. The van der Waals surface area contributed by atoms with E-state index >= 15 is 0 Å². The van der Waals surface area contributed by atoms with E-state index in [1.165, 1.54) is 0 Å². The molecule has 0 bridgehead atoms. The molecular formula is C21H17N3O2. The Hall–Kier alpha value is -3.47. The van der Waals surface area contributed by atoms with Gasteiger partial charge in [-0.25, -0.2) is 0 Å². The lowest BCUT2D eigenvalue weighted by Gasteiger charge is -2.09. The lowest BCUT2D eigenvalue weighted by atomic mass is 10.1. The van der Waals surface area contributed by atoms with E-state index in [-0.39, 0.29) is 11.1 Å². The van der Waals surface area contributed by atoms with Gasteiger partial charge in [-0.2, -0.15) is 5.10 Å². The standard InChI is InChI=1S/C21H17N3O2/c1-13-7-10-18-17(11-13)20(25)19(23-24(18)2)21(26)22-16-9-8-14-5-3-4-6-15(14)12-16/h3-12H,1-2H3,(H,22,26). The number of fused-ring (bicyclic) bond motifs is 2. The van der Waals surface area contributed by atoms with Crippen LogP contribution in [0.3, 0.4) is 0 Å². The van der Waals surface area contributed by atoms with Crippen LogP contribution < -0.4 is 10.7 Å². The second kappa shape index (κ2) is 6.11. The molecule has 4 aromatic rings. The van der Waals surface area contributed by atoms with Crippen LogP contribution >= 0.6 is 0 Å². The summed E-state index contributed by atoms with van der Waals surface area (Å²) in [4.78, 5) is 25.4. The van der Waals surface area contributed by atoms with Crippen LogP contribution in [0.25, 0.3) is 21.7 Å². The summed E-state index contributed by atoms with van der Waals surface area (Å²) in [6.45, 7) is 1.91. The molecule has 0 aliphatic heterocycles. The van der Waals surface area contributed by atoms with Crippen LogP contribution in [0.15, 0.2) is 65.5 Å². The Morgan fingerprint density at radius 3 is 2.58 bits per heavy atom. The summed E-state index contributed by atoms with van der Waals surface area (Å²) in [6, 6.07) is 19.0. The lowest BCUT2D eigenvalue weighted by molar-refractivity contribution is 0.101. The lowest BCUT2D eigenvalue weighted by Crippen LogP contribution is -2.26. The van der Waals surface area contributed by atoms with Gasteiger partial charge in [-0.05, 0) is 42.0 Å². The van der Waals surface area contributed by atoms with Gasteiger partial charge in [-0.3, -0.25) is 14.3 Å². The molecule has 0 fully saturated rings. The summed E-state index contributed by atoms with van der Waals surface area (Å²) < 4.78 is 1.56. The maximum Gasteiger partial charge on any atom is 0.280 e. The van der Waals surface area contributed by atoms with Crippen LogP contribution in [0.1, 0.15) is 16.1 Å². The number of aryl methyl sites for hydroxylation is 2. The number of benzene rings is 3. The molecule has 0 atom stereocenters. The number of hydrogen-bond donors (Lipinski definition) is 1. The van der Waals surface area contributed by atoms with Gasteiger partial charge in [0.25, 0.3) is 5.91 Å². The van der Waals surface area contributed by atoms with Gasteiger partial charge in [0.2, 0.25) is 5.43 Å². The Morgan fingerprint density at radius 2 is 1.77 bits per heavy atom. The SMILES string of the molecule is Cc1ccc2c(c1)c(=O)c(C(=O)Nc1ccc3ccccc3c1)nn2C. The fraction of sp³-hybridized carbons (Fsp3) is 0.0952. The van der Waals surface area contributed by atoms with Crippen molar-refractivity contribution in [2.24, 2.45) is 7.05 Å². The highest BCUT2D eigenvalue weighted by atomic mass is 16.2. The molecule has 5 heteroatoms. The summed E-state index contributed by atoms with van der Waals surface area (Å²) in [6.07, 6.45) is 0. The number of carbonyl (C=O) groups is 1. The number of carbonyl (C=O) groups excluding carboxylic acids is 1. The molecule has 0 spiro atoms. The Balaban J connectivity index is 1.75. The van der Waals surface area contributed by atoms with Crippen molar-refractivity contribution in [2.75, 3.05) is 5.32 Å². The van der Waals surface area contributed by atoms with E-state index in [0.29, 0.717) is 16.6 Å². The van der Waals surface area contributed by atoms with Gasteiger partial charge in [-0.15, -0.1) is 0 Å². The summed E-state index contributed by atoms with van der Waals surface area (Å²) in [7, 11) is 1.73. The average molecular weight is 343 g/mol. The third kappa shape index (κ3) is 2.73. The molecule has 26 heavy (non-hydrogen) atoms. The monoisotopic (exact) mass is 343 g/mol. The summed E-state index contributed by atoms with van der Waals surface area (Å²) in [5.41, 5.74) is 1.81. The number of rotatable bonds is 2. The number of hydrogen-bond acceptors (Lipinski definition) is 3. The number of nitrogens with one attached hydrogen (secondary N) is 1. The second-order valence-electron chi connectivity index (χ2n) is 6.34. The predicted octanol–water partition coefficient (Wildman–Crippen LogP) is 3.65. The summed E-state index contributed by atoms with van der Waals surface area (Å²) in [5, 5.41) is 9.55. The molecule has 3 aromatic carbocycles. The van der Waals surface area contributed by atoms with Crippen molar-refractivity contribution in [3.8, 4) is 0 Å². The molecule has 0 unspecified atom stereocenters. The van der Waals surface area contributed by atoms with E-state index in [0.717, 1.165) is 16.3 Å². The molecule has 1 heterocycles. The quantitative estimate of drug-likeness (QED) is 0.604. The first-order chi connectivity index (χ1) is 12.5. The van der Waals surface area contributed by atoms with E-state index < -0.39 is 5.91 Å². The van der Waals surface area contributed by atoms with Crippen LogP contribution in [0.5, 0.6) is 0 Å². The third-order valence-electron chi connectivity index (χ3n) is 4.43. The van der Waals surface area contributed by atoms with Gasteiger partial charge in [0, 0.05) is 12.7 Å². The number of anilines is 1. The Kier molecular flexibility index (Phi) is 3.77. The largest absolute Gasteiger partial charge is 0.320 e. The highest BCUT2D eigenvalue weighted by Gasteiger charge is 2.17. The molecule has 128 valence electrons. The maximum absolute atomic E-state index is 12.7. The van der Waals surface area contributed by atoms with Gasteiger partial charge in [0.05, 0.1) is 10.9 Å². The number of nitrogens with zero attached hydrogens (tertiary/aromatic N) is 2. The molecule has 1 N–H and O–H groups in total. The fourth-order valence-electron chi connectivity index (χ4n) is 3.10. The minimum Gasteiger partial charge on any atom is -0.320 e. The van der Waals surface area contributed by atoms with Crippen molar-refractivity contribution in [3.63, 3.8) is 0 Å². The van der Waals surface area contributed by atoms with Crippen LogP contribution in [0.4, 0.5) is 5.69 Å². The molecule has 5 nitrogen and oxygen atoms in total. The zero-order valence-corrected chi connectivity index (χ0v) is 14.5. The van der Waals surface area contributed by atoms with Crippen LogP contribution in [-0.4, -0.2) is 15.7 Å². The Labute approximate surface area is 149 Å². The zero-order valence-electron chi connectivity index (χ0n) is 14.5. The molecule has 4 rings (SSSR count). The van der Waals surface area contributed by atoms with Crippen molar-refractivity contribution in [3.05, 3.63) is 82.1 Å². The average Bonchev–Trinajstić information content (AvgIpc) is 2.64. The van der Waals surface area contributed by atoms with Crippen molar-refractivity contribution in [2.45, 2.75) is 6.92 Å². The van der Waals surface area contributed by atoms with Gasteiger partial charge in [0.1, 0.15) is 0 Å². The first-order valence-electron chi connectivity index (χ1n) is 8.31. The van der Waals surface area contributed by atoms with Gasteiger partial charge in [-0.1, -0.05) is 42.0 Å². The summed E-state index contributed by atoms with van der Waals surface area (Å²) >= 11 is 0. The van der Waals surface area contributed by atoms with E-state index in [9.17, 15) is 9.59 Å². The molecule has 0 radical (unpaired) electrons. The molecule has 1 amide bonds. The van der Waals surface area contributed by atoms with E-state index in [1.807, 2.05) is 61.5 Å². The van der Waals surface area contributed by atoms with Gasteiger partial charge in [0.15, 0.2) is 5.69 Å². The molecule has 0 saturated carbocycles. The Bertz CT molecular complexity index is 1230. The van der Waals surface area contributed by atoms with Gasteiger partial charge >= 0.3 is 0 Å². The number of aromatic nitrogens is 2. The smallest absolute Gasteiger partial charge is 0.280 e. The fourth-order valence-corrected chi connectivity index (χ4v) is 3.10. The van der Waals surface area contributed by atoms with E-state index in [4.69, 9.17) is 0 Å². The molecule has 0 aliphatic carbocycles. The molecular weight excluding hydrogens is 326 g/mol. The first-order valence-corrected chi connectivity index (χ1v) is 8.31. The first kappa shape index (κ1) is 16.0. The topological polar surface area (TPSA) is 64.0 Å². The molecule has 1 aromatic heterocycles. The number of amides is 1. The van der Waals surface area contributed by atoms with Crippen molar-refractivity contribution < 1.29 is 4.79 Å². The normalized spacial score (nSPS) is 11.0. The summed E-state index contributed by atoms with van der Waals surface area (Å²) in [5.74, 6) is -0.510. The van der Waals surface area contributed by atoms with E-state index in [2.05, 4.69) is 10.4 Å². The van der Waals surface area contributed by atoms with Crippen LogP contribution in [-0.2, 0) is 7.05 Å². The Morgan fingerprint density at radius 1 is 1.00 bits per heavy atom. The molecule has 0 aliphatic rings. The maximum atomic E-state index is 12.7. The van der Waals surface area contributed by atoms with Crippen LogP contribution in [0.2, 0.25) is 0 Å². The second-order valence-corrected chi connectivity index (χ2v) is 6.34. The minimum atomic E-state index is -0.510. The van der Waals surface area contributed by atoms with Gasteiger partial charge < -0.3 is 5.32 Å². The molecule has 0 saturated heterocycles. The van der Waals surface area contributed by atoms with Crippen LogP contribution in [0, 0.1) is 6.92 Å².